The van der Waals surface area contributed by atoms with E-state index in [1.54, 1.807) is 17.9 Å². The summed E-state index contributed by atoms with van der Waals surface area (Å²) in [6.07, 6.45) is 0. The number of nitrogens with zero attached hydrogens (tertiary/aromatic N) is 2. The predicted molar refractivity (Wildman–Crippen MR) is 65.3 cm³/mol. The number of carbonyl (C=O) groups is 1. The van der Waals surface area contributed by atoms with E-state index in [4.69, 9.17) is 5.73 Å². The van der Waals surface area contributed by atoms with Crippen molar-refractivity contribution in [2.24, 2.45) is 0 Å². The number of anilines is 2. The Hall–Kier alpha value is -1.78. The summed E-state index contributed by atoms with van der Waals surface area (Å²) in [4.78, 5) is 15.0. The Bertz CT molecular complexity index is 428. The molecule has 2 N–H and O–H groups in total. The average molecular weight is 237 g/mol. The van der Waals surface area contributed by atoms with Crippen molar-refractivity contribution >= 4 is 17.3 Å². The first-order valence-corrected chi connectivity index (χ1v) is 5.63. The van der Waals surface area contributed by atoms with E-state index in [2.05, 4.69) is 4.90 Å². The number of rotatable bonds is 1. The van der Waals surface area contributed by atoms with E-state index in [-0.39, 0.29) is 11.6 Å². The van der Waals surface area contributed by atoms with Gasteiger partial charge in [-0.05, 0) is 18.2 Å². The molecule has 17 heavy (non-hydrogen) atoms. The number of piperazine rings is 1. The fourth-order valence-electron chi connectivity index (χ4n) is 1.99. The van der Waals surface area contributed by atoms with E-state index in [0.717, 1.165) is 18.8 Å². The van der Waals surface area contributed by atoms with Gasteiger partial charge in [-0.1, -0.05) is 0 Å². The molecule has 1 aromatic carbocycles. The standard InChI is InChI=1S/C12H16FN3O/c1-9(17)15-4-6-16(7-5-15)10-2-3-12(14)11(13)8-10/h2-3,8H,4-7,14H2,1H3. The largest absolute Gasteiger partial charge is 0.396 e. The Labute approximate surface area is 99.8 Å². The van der Waals surface area contributed by atoms with Gasteiger partial charge in [-0.15, -0.1) is 0 Å². The van der Waals surface area contributed by atoms with Crippen LogP contribution in [0, 0.1) is 5.82 Å². The van der Waals surface area contributed by atoms with E-state index in [9.17, 15) is 9.18 Å². The first-order valence-electron chi connectivity index (χ1n) is 5.63. The predicted octanol–water partition coefficient (Wildman–Crippen LogP) is 1.08. The SMILES string of the molecule is CC(=O)N1CCN(c2ccc(N)c(F)c2)CC1. The van der Waals surface area contributed by atoms with Gasteiger partial charge in [-0.25, -0.2) is 4.39 Å². The molecule has 0 spiro atoms. The molecule has 4 nitrogen and oxygen atoms in total. The Morgan fingerprint density at radius 3 is 2.47 bits per heavy atom. The zero-order chi connectivity index (χ0) is 12.4. The monoisotopic (exact) mass is 237 g/mol. The maximum absolute atomic E-state index is 13.3. The lowest BCUT2D eigenvalue weighted by Gasteiger charge is -2.35. The summed E-state index contributed by atoms with van der Waals surface area (Å²) in [5.74, 6) is -0.301. The second kappa shape index (κ2) is 4.61. The van der Waals surface area contributed by atoms with Gasteiger partial charge in [-0.3, -0.25) is 4.79 Å². The van der Waals surface area contributed by atoms with Crippen LogP contribution < -0.4 is 10.6 Å². The molecular weight excluding hydrogens is 221 g/mol. The number of hydrogen-bond donors (Lipinski definition) is 1. The van der Waals surface area contributed by atoms with Crippen molar-refractivity contribution in [3.8, 4) is 0 Å². The van der Waals surface area contributed by atoms with Gasteiger partial charge < -0.3 is 15.5 Å². The Morgan fingerprint density at radius 1 is 1.29 bits per heavy atom. The number of nitrogens with two attached hydrogens (primary N) is 1. The zero-order valence-electron chi connectivity index (χ0n) is 9.82. The van der Waals surface area contributed by atoms with Crippen LogP contribution in [-0.4, -0.2) is 37.0 Å². The molecule has 1 heterocycles. The smallest absolute Gasteiger partial charge is 0.219 e. The number of benzene rings is 1. The molecule has 2 rings (SSSR count). The van der Waals surface area contributed by atoms with E-state index in [0.29, 0.717) is 13.1 Å². The molecule has 1 saturated heterocycles. The van der Waals surface area contributed by atoms with Gasteiger partial charge >= 0.3 is 0 Å². The van der Waals surface area contributed by atoms with Crippen LogP contribution in [0.5, 0.6) is 0 Å². The minimum absolute atomic E-state index is 0.0909. The highest BCUT2D eigenvalue weighted by Gasteiger charge is 2.19. The molecule has 0 unspecified atom stereocenters. The van der Waals surface area contributed by atoms with Crippen molar-refractivity contribution in [1.29, 1.82) is 0 Å². The number of amides is 1. The number of nitrogen functional groups attached to an aromatic ring is 1. The van der Waals surface area contributed by atoms with Gasteiger partial charge in [0.25, 0.3) is 0 Å². The molecular formula is C12H16FN3O. The van der Waals surface area contributed by atoms with E-state index < -0.39 is 5.82 Å². The van der Waals surface area contributed by atoms with Gasteiger partial charge in [-0.2, -0.15) is 0 Å². The maximum Gasteiger partial charge on any atom is 0.219 e. The molecule has 0 aliphatic carbocycles. The third-order valence-electron chi connectivity index (χ3n) is 3.07. The summed E-state index contributed by atoms with van der Waals surface area (Å²) >= 11 is 0. The van der Waals surface area contributed by atoms with Crippen LogP contribution in [0.25, 0.3) is 0 Å². The van der Waals surface area contributed by atoms with E-state index >= 15 is 0 Å². The van der Waals surface area contributed by atoms with Crippen LogP contribution in [0.1, 0.15) is 6.92 Å². The maximum atomic E-state index is 13.3. The van der Waals surface area contributed by atoms with Crippen LogP contribution in [0.4, 0.5) is 15.8 Å². The summed E-state index contributed by atoms with van der Waals surface area (Å²) in [6, 6.07) is 4.82. The molecule has 1 amide bonds. The second-order valence-electron chi connectivity index (χ2n) is 4.20. The number of carbonyl (C=O) groups excluding carboxylic acids is 1. The van der Waals surface area contributed by atoms with Gasteiger partial charge in [0, 0.05) is 38.8 Å². The topological polar surface area (TPSA) is 49.6 Å². The van der Waals surface area contributed by atoms with Gasteiger partial charge in [0.2, 0.25) is 5.91 Å². The third-order valence-corrected chi connectivity index (χ3v) is 3.07. The van der Waals surface area contributed by atoms with Crippen molar-refractivity contribution in [3.63, 3.8) is 0 Å². The zero-order valence-corrected chi connectivity index (χ0v) is 9.82. The Kier molecular flexibility index (Phi) is 3.17. The first-order chi connectivity index (χ1) is 8.08. The van der Waals surface area contributed by atoms with Crippen LogP contribution in [0.3, 0.4) is 0 Å². The fourth-order valence-corrected chi connectivity index (χ4v) is 1.99. The van der Waals surface area contributed by atoms with Crippen LogP contribution in [-0.2, 0) is 4.79 Å². The van der Waals surface area contributed by atoms with Crippen molar-refractivity contribution in [2.75, 3.05) is 36.8 Å². The number of halogens is 1. The lowest BCUT2D eigenvalue weighted by atomic mass is 10.2. The molecule has 1 aromatic rings. The minimum atomic E-state index is -0.392. The second-order valence-corrected chi connectivity index (χ2v) is 4.20. The lowest BCUT2D eigenvalue weighted by molar-refractivity contribution is -0.129. The summed E-state index contributed by atoms with van der Waals surface area (Å²) < 4.78 is 13.3. The van der Waals surface area contributed by atoms with Gasteiger partial charge in [0.05, 0.1) is 5.69 Å². The fraction of sp³-hybridized carbons (Fsp3) is 0.417. The lowest BCUT2D eigenvalue weighted by Crippen LogP contribution is -2.48. The Balaban J connectivity index is 2.05. The van der Waals surface area contributed by atoms with Gasteiger partial charge in [0.15, 0.2) is 0 Å². The molecule has 92 valence electrons. The highest BCUT2D eigenvalue weighted by Crippen LogP contribution is 2.21. The van der Waals surface area contributed by atoms with Crippen LogP contribution in [0.2, 0.25) is 0 Å². The minimum Gasteiger partial charge on any atom is -0.396 e. The molecule has 1 aliphatic heterocycles. The van der Waals surface area contributed by atoms with Crippen molar-refractivity contribution < 1.29 is 9.18 Å². The molecule has 0 radical (unpaired) electrons. The molecule has 0 bridgehead atoms. The van der Waals surface area contributed by atoms with E-state index in [1.807, 2.05) is 6.07 Å². The normalized spacial score (nSPS) is 16.1. The van der Waals surface area contributed by atoms with Crippen LogP contribution >= 0.6 is 0 Å². The van der Waals surface area contributed by atoms with Crippen LogP contribution in [0.15, 0.2) is 18.2 Å². The van der Waals surface area contributed by atoms with Crippen molar-refractivity contribution in [2.45, 2.75) is 6.92 Å². The molecule has 0 atom stereocenters. The molecule has 0 saturated carbocycles. The summed E-state index contributed by atoms with van der Waals surface area (Å²) in [7, 11) is 0. The summed E-state index contributed by atoms with van der Waals surface area (Å²) in [5, 5.41) is 0. The molecule has 1 fully saturated rings. The first kappa shape index (κ1) is 11.7. The molecule has 0 aromatic heterocycles. The highest BCUT2D eigenvalue weighted by atomic mass is 19.1. The summed E-state index contributed by atoms with van der Waals surface area (Å²) in [6.45, 7) is 4.38. The van der Waals surface area contributed by atoms with Crippen molar-refractivity contribution in [3.05, 3.63) is 24.0 Å². The molecule has 5 heteroatoms. The number of hydrogen-bond acceptors (Lipinski definition) is 3. The van der Waals surface area contributed by atoms with E-state index in [1.165, 1.54) is 6.07 Å². The van der Waals surface area contributed by atoms with Gasteiger partial charge in [0.1, 0.15) is 5.82 Å². The highest BCUT2D eigenvalue weighted by molar-refractivity contribution is 5.73. The quantitative estimate of drug-likeness (QED) is 0.743. The third kappa shape index (κ3) is 2.49. The average Bonchev–Trinajstić information content (AvgIpc) is 2.33. The summed E-state index contributed by atoms with van der Waals surface area (Å²) in [5.41, 5.74) is 6.42. The van der Waals surface area contributed by atoms with Crippen molar-refractivity contribution in [1.82, 2.24) is 4.90 Å². The molecule has 1 aliphatic rings. The Morgan fingerprint density at radius 2 is 1.94 bits per heavy atom.